The molecule has 2 amide bonds. The molecular formula is C13H21N3O. The molecular weight excluding hydrogens is 214 g/mol. The first-order chi connectivity index (χ1) is 8.04. The quantitative estimate of drug-likeness (QED) is 0.840. The molecule has 0 unspecified atom stereocenters. The summed E-state index contributed by atoms with van der Waals surface area (Å²) in [4.78, 5) is 13.7. The number of rotatable bonds is 4. The van der Waals surface area contributed by atoms with Crippen LogP contribution in [0.5, 0.6) is 0 Å². The lowest BCUT2D eigenvalue weighted by molar-refractivity contribution is 0.199. The van der Waals surface area contributed by atoms with Crippen LogP contribution >= 0.6 is 0 Å². The van der Waals surface area contributed by atoms with Gasteiger partial charge < -0.3 is 16.0 Å². The van der Waals surface area contributed by atoms with Crippen molar-refractivity contribution >= 4 is 11.7 Å². The Morgan fingerprint density at radius 2 is 2.18 bits per heavy atom. The predicted molar refractivity (Wildman–Crippen MR) is 71.1 cm³/mol. The molecule has 0 aliphatic heterocycles. The van der Waals surface area contributed by atoms with Crippen molar-refractivity contribution in [3.63, 3.8) is 0 Å². The minimum atomic E-state index is -0.101. The van der Waals surface area contributed by atoms with Gasteiger partial charge in [-0.15, -0.1) is 0 Å². The predicted octanol–water partition coefficient (Wildman–Crippen LogP) is 2.20. The van der Waals surface area contributed by atoms with Crippen molar-refractivity contribution in [3.05, 3.63) is 29.8 Å². The first-order valence-corrected chi connectivity index (χ1v) is 5.89. The van der Waals surface area contributed by atoms with Crippen LogP contribution in [-0.2, 0) is 0 Å². The van der Waals surface area contributed by atoms with E-state index in [1.165, 1.54) is 0 Å². The van der Waals surface area contributed by atoms with Crippen LogP contribution in [0.3, 0.4) is 0 Å². The fourth-order valence-corrected chi connectivity index (χ4v) is 1.65. The van der Waals surface area contributed by atoms with Gasteiger partial charge in [0.2, 0.25) is 0 Å². The molecule has 0 saturated carbocycles. The molecule has 0 aliphatic rings. The van der Waals surface area contributed by atoms with Gasteiger partial charge in [-0.05, 0) is 38.5 Å². The third kappa shape index (κ3) is 4.07. The van der Waals surface area contributed by atoms with Gasteiger partial charge in [0, 0.05) is 24.8 Å². The summed E-state index contributed by atoms with van der Waals surface area (Å²) in [5.41, 5.74) is 7.44. The number of nitrogens with two attached hydrogens (primary N) is 1. The summed E-state index contributed by atoms with van der Waals surface area (Å²) in [6.45, 7) is 6.99. The molecule has 0 radical (unpaired) electrons. The zero-order valence-electron chi connectivity index (χ0n) is 10.7. The fraction of sp³-hybridized carbons (Fsp3) is 0.462. The van der Waals surface area contributed by atoms with Crippen LogP contribution in [0.2, 0.25) is 0 Å². The second-order valence-electron chi connectivity index (χ2n) is 4.38. The van der Waals surface area contributed by atoms with E-state index in [1.807, 2.05) is 45.0 Å². The minimum absolute atomic E-state index is 0.101. The van der Waals surface area contributed by atoms with E-state index in [0.717, 1.165) is 11.3 Å². The van der Waals surface area contributed by atoms with Gasteiger partial charge in [-0.25, -0.2) is 4.79 Å². The van der Waals surface area contributed by atoms with Crippen molar-refractivity contribution in [1.29, 1.82) is 0 Å². The molecule has 0 spiro atoms. The van der Waals surface area contributed by atoms with Crippen LogP contribution in [0, 0.1) is 6.92 Å². The van der Waals surface area contributed by atoms with E-state index in [9.17, 15) is 4.79 Å². The highest BCUT2D eigenvalue weighted by Gasteiger charge is 2.15. The smallest absolute Gasteiger partial charge is 0.322 e. The van der Waals surface area contributed by atoms with Crippen molar-refractivity contribution in [1.82, 2.24) is 4.90 Å². The first-order valence-electron chi connectivity index (χ1n) is 5.89. The van der Waals surface area contributed by atoms with Gasteiger partial charge in [0.15, 0.2) is 0 Å². The maximum absolute atomic E-state index is 12.0. The standard InChI is InChI=1S/C13H21N3O/c1-10(2)16(8-7-14)13(17)15-12-6-4-5-11(3)9-12/h4-6,9-10H,7-8,14H2,1-3H3,(H,15,17). The minimum Gasteiger partial charge on any atom is -0.329 e. The zero-order chi connectivity index (χ0) is 12.8. The first kappa shape index (κ1) is 13.5. The van der Waals surface area contributed by atoms with Gasteiger partial charge in [0.1, 0.15) is 0 Å². The van der Waals surface area contributed by atoms with Crippen molar-refractivity contribution < 1.29 is 4.79 Å². The highest BCUT2D eigenvalue weighted by molar-refractivity contribution is 5.89. The number of anilines is 1. The number of hydrogen-bond donors (Lipinski definition) is 2. The molecule has 0 aliphatic carbocycles. The highest BCUT2D eigenvalue weighted by atomic mass is 16.2. The van der Waals surface area contributed by atoms with E-state index >= 15 is 0 Å². The average molecular weight is 235 g/mol. The average Bonchev–Trinajstić information content (AvgIpc) is 2.25. The van der Waals surface area contributed by atoms with Crippen LogP contribution in [0.15, 0.2) is 24.3 Å². The number of amides is 2. The van der Waals surface area contributed by atoms with E-state index in [4.69, 9.17) is 5.73 Å². The summed E-state index contributed by atoms with van der Waals surface area (Å²) in [6, 6.07) is 7.79. The topological polar surface area (TPSA) is 58.4 Å². The number of hydrogen-bond acceptors (Lipinski definition) is 2. The summed E-state index contributed by atoms with van der Waals surface area (Å²) in [5, 5.41) is 2.88. The summed E-state index contributed by atoms with van der Waals surface area (Å²) in [5.74, 6) is 0. The number of carbonyl (C=O) groups excluding carboxylic acids is 1. The number of carbonyl (C=O) groups is 1. The molecule has 17 heavy (non-hydrogen) atoms. The third-order valence-electron chi connectivity index (χ3n) is 2.52. The van der Waals surface area contributed by atoms with E-state index in [0.29, 0.717) is 13.1 Å². The lowest BCUT2D eigenvalue weighted by Crippen LogP contribution is -2.42. The Hall–Kier alpha value is -1.55. The van der Waals surface area contributed by atoms with E-state index in [1.54, 1.807) is 4.90 Å². The van der Waals surface area contributed by atoms with Crippen LogP contribution < -0.4 is 11.1 Å². The lowest BCUT2D eigenvalue weighted by Gasteiger charge is -2.26. The van der Waals surface area contributed by atoms with Gasteiger partial charge >= 0.3 is 6.03 Å². The summed E-state index contributed by atoms with van der Waals surface area (Å²) in [7, 11) is 0. The maximum atomic E-state index is 12.0. The Morgan fingerprint density at radius 3 is 2.71 bits per heavy atom. The van der Waals surface area contributed by atoms with Crippen LogP contribution in [0.25, 0.3) is 0 Å². The van der Waals surface area contributed by atoms with Gasteiger partial charge in [0.25, 0.3) is 0 Å². The molecule has 4 nitrogen and oxygen atoms in total. The Kier molecular flexibility index (Phi) is 4.97. The molecule has 3 N–H and O–H groups in total. The second-order valence-corrected chi connectivity index (χ2v) is 4.38. The third-order valence-corrected chi connectivity index (χ3v) is 2.52. The Labute approximate surface area is 103 Å². The Balaban J connectivity index is 2.69. The molecule has 0 heterocycles. The van der Waals surface area contributed by atoms with Gasteiger partial charge in [-0.1, -0.05) is 12.1 Å². The summed E-state index contributed by atoms with van der Waals surface area (Å²) >= 11 is 0. The van der Waals surface area contributed by atoms with E-state index < -0.39 is 0 Å². The van der Waals surface area contributed by atoms with E-state index in [2.05, 4.69) is 5.32 Å². The normalized spacial score (nSPS) is 10.4. The Bertz CT molecular complexity index is 377. The monoisotopic (exact) mass is 235 g/mol. The fourth-order valence-electron chi connectivity index (χ4n) is 1.65. The summed E-state index contributed by atoms with van der Waals surface area (Å²) < 4.78 is 0. The summed E-state index contributed by atoms with van der Waals surface area (Å²) in [6.07, 6.45) is 0. The van der Waals surface area contributed by atoms with Crippen molar-refractivity contribution in [2.24, 2.45) is 5.73 Å². The number of nitrogens with one attached hydrogen (secondary N) is 1. The van der Waals surface area contributed by atoms with E-state index in [-0.39, 0.29) is 12.1 Å². The molecule has 0 saturated heterocycles. The van der Waals surface area contributed by atoms with Gasteiger partial charge in [-0.2, -0.15) is 0 Å². The molecule has 0 fully saturated rings. The lowest BCUT2D eigenvalue weighted by atomic mass is 10.2. The van der Waals surface area contributed by atoms with Crippen LogP contribution in [-0.4, -0.2) is 30.1 Å². The van der Waals surface area contributed by atoms with Gasteiger partial charge in [0.05, 0.1) is 0 Å². The molecule has 4 heteroatoms. The van der Waals surface area contributed by atoms with Crippen LogP contribution in [0.1, 0.15) is 19.4 Å². The van der Waals surface area contributed by atoms with Gasteiger partial charge in [-0.3, -0.25) is 0 Å². The molecule has 94 valence electrons. The Morgan fingerprint density at radius 1 is 1.47 bits per heavy atom. The second kappa shape index (κ2) is 6.25. The largest absolute Gasteiger partial charge is 0.329 e. The van der Waals surface area contributed by atoms with Crippen molar-refractivity contribution in [3.8, 4) is 0 Å². The zero-order valence-corrected chi connectivity index (χ0v) is 10.7. The highest BCUT2D eigenvalue weighted by Crippen LogP contribution is 2.11. The van der Waals surface area contributed by atoms with Crippen molar-refractivity contribution in [2.45, 2.75) is 26.8 Å². The van der Waals surface area contributed by atoms with Crippen LogP contribution in [0.4, 0.5) is 10.5 Å². The molecule has 1 aromatic rings. The number of aryl methyl sites for hydroxylation is 1. The molecule has 0 aromatic heterocycles. The molecule has 0 bridgehead atoms. The molecule has 1 aromatic carbocycles. The van der Waals surface area contributed by atoms with Crippen molar-refractivity contribution in [2.75, 3.05) is 18.4 Å². The number of urea groups is 1. The maximum Gasteiger partial charge on any atom is 0.322 e. The molecule has 0 atom stereocenters. The number of nitrogens with zero attached hydrogens (tertiary/aromatic N) is 1. The molecule has 1 rings (SSSR count). The number of benzene rings is 1. The SMILES string of the molecule is Cc1cccc(NC(=O)N(CCN)C(C)C)c1.